The van der Waals surface area contributed by atoms with Crippen molar-refractivity contribution in [1.82, 2.24) is 9.80 Å². The highest BCUT2D eigenvalue weighted by molar-refractivity contribution is 5.34. The predicted octanol–water partition coefficient (Wildman–Crippen LogP) is 2.74. The number of hydrogen-bond donors (Lipinski definition) is 0. The number of likely N-dealkylation sites (tertiary alicyclic amines) is 2. The van der Waals surface area contributed by atoms with E-state index in [0.29, 0.717) is 0 Å². The van der Waals surface area contributed by atoms with Gasteiger partial charge in [-0.05, 0) is 82.5 Å². The molecule has 4 unspecified atom stereocenters. The third kappa shape index (κ3) is 1.40. The van der Waals surface area contributed by atoms with Gasteiger partial charge >= 0.3 is 0 Å². The molecule has 19 heavy (non-hydrogen) atoms. The number of nitrogens with zero attached hydrogens (tertiary/aromatic N) is 2. The molecule has 2 heteroatoms. The van der Waals surface area contributed by atoms with Crippen LogP contribution < -0.4 is 0 Å². The van der Waals surface area contributed by atoms with Gasteiger partial charge in [0, 0.05) is 11.6 Å². The van der Waals surface area contributed by atoms with Crippen LogP contribution in [0.3, 0.4) is 0 Å². The van der Waals surface area contributed by atoms with Crippen LogP contribution in [0.4, 0.5) is 0 Å². The van der Waals surface area contributed by atoms with Gasteiger partial charge in [0.1, 0.15) is 0 Å². The normalized spacial score (nSPS) is 53.7. The maximum absolute atomic E-state index is 2.95. The molecule has 6 aliphatic rings. The molecule has 4 saturated carbocycles. The van der Waals surface area contributed by atoms with Gasteiger partial charge in [0.25, 0.3) is 0 Å². The topological polar surface area (TPSA) is 6.48 Å². The van der Waals surface area contributed by atoms with E-state index in [-0.39, 0.29) is 0 Å². The third-order valence-corrected chi connectivity index (χ3v) is 7.30. The number of rotatable bonds is 2. The van der Waals surface area contributed by atoms with E-state index < -0.39 is 0 Å². The smallest absolute Gasteiger partial charge is 0.0291 e. The average molecular weight is 260 g/mol. The zero-order valence-corrected chi connectivity index (χ0v) is 12.2. The van der Waals surface area contributed by atoms with E-state index in [9.17, 15) is 0 Å². The zero-order valence-electron chi connectivity index (χ0n) is 12.2. The molecule has 4 aliphatic carbocycles. The van der Waals surface area contributed by atoms with Gasteiger partial charge in [0.05, 0.1) is 0 Å². The van der Waals surface area contributed by atoms with Crippen molar-refractivity contribution in [2.45, 2.75) is 62.9 Å². The third-order valence-electron chi connectivity index (χ3n) is 7.30. The van der Waals surface area contributed by atoms with Gasteiger partial charge in [0.2, 0.25) is 0 Å². The Balaban J connectivity index is 1.37. The molecule has 0 spiro atoms. The lowest BCUT2D eigenvalue weighted by Crippen LogP contribution is -2.44. The first-order valence-corrected chi connectivity index (χ1v) is 8.90. The van der Waals surface area contributed by atoms with Gasteiger partial charge < -0.3 is 0 Å². The molecule has 6 rings (SSSR count). The summed E-state index contributed by atoms with van der Waals surface area (Å²) >= 11 is 0. The maximum atomic E-state index is 2.95. The molecule has 0 aromatic carbocycles. The maximum Gasteiger partial charge on any atom is 0.0291 e. The van der Waals surface area contributed by atoms with Crippen LogP contribution in [0.1, 0.15) is 51.4 Å². The summed E-state index contributed by atoms with van der Waals surface area (Å²) < 4.78 is 0. The Bertz CT molecular complexity index is 369. The van der Waals surface area contributed by atoms with Crippen molar-refractivity contribution in [1.29, 1.82) is 0 Å². The van der Waals surface area contributed by atoms with Gasteiger partial charge in [-0.1, -0.05) is 12.8 Å². The standard InChI is InChI=1S/C17H28N2/c1-3-7-18(8-4-1)16-13-11-14-15(16)17(14,12-13)19-9-5-2-6-10-19/h13-16H,1-12H2/t13-,14?,15?,16?,17?/m0/s1. The zero-order chi connectivity index (χ0) is 12.4. The van der Waals surface area contributed by atoms with Gasteiger partial charge in [-0.15, -0.1) is 0 Å². The molecule has 0 radical (unpaired) electrons. The van der Waals surface area contributed by atoms with Crippen LogP contribution in [0.25, 0.3) is 0 Å². The predicted molar refractivity (Wildman–Crippen MR) is 77.1 cm³/mol. The molecule has 0 amide bonds. The Hall–Kier alpha value is -0.0800. The van der Waals surface area contributed by atoms with Crippen molar-refractivity contribution in [2.24, 2.45) is 17.8 Å². The summed E-state index contributed by atoms with van der Waals surface area (Å²) in [4.78, 5) is 5.87. The van der Waals surface area contributed by atoms with Gasteiger partial charge in [-0.2, -0.15) is 0 Å². The van der Waals surface area contributed by atoms with E-state index in [4.69, 9.17) is 0 Å². The minimum Gasteiger partial charge on any atom is -0.300 e. The summed E-state index contributed by atoms with van der Waals surface area (Å²) in [6.45, 7) is 5.68. The van der Waals surface area contributed by atoms with E-state index in [1.807, 2.05) is 0 Å². The Morgan fingerprint density at radius 1 is 0.789 bits per heavy atom. The summed E-state index contributed by atoms with van der Waals surface area (Å²) in [7, 11) is 0. The molecule has 4 bridgehead atoms. The Morgan fingerprint density at radius 2 is 1.47 bits per heavy atom. The molecule has 2 nitrogen and oxygen atoms in total. The highest BCUT2D eigenvalue weighted by Crippen LogP contribution is 2.76. The fraction of sp³-hybridized carbons (Fsp3) is 1.00. The molecule has 2 saturated heterocycles. The Kier molecular flexibility index (Phi) is 2.42. The molecule has 106 valence electrons. The fourth-order valence-electron chi connectivity index (χ4n) is 6.72. The van der Waals surface area contributed by atoms with E-state index in [1.54, 1.807) is 12.8 Å². The van der Waals surface area contributed by atoms with Crippen molar-refractivity contribution in [3.05, 3.63) is 0 Å². The highest BCUT2D eigenvalue weighted by Gasteiger charge is 2.81. The van der Waals surface area contributed by atoms with Crippen LogP contribution in [0.5, 0.6) is 0 Å². The number of piperidine rings is 2. The van der Waals surface area contributed by atoms with Crippen LogP contribution in [0, 0.1) is 17.8 Å². The largest absolute Gasteiger partial charge is 0.300 e. The summed E-state index contributed by atoms with van der Waals surface area (Å²) in [6, 6.07) is 1.01. The summed E-state index contributed by atoms with van der Waals surface area (Å²) in [5, 5.41) is 0. The quantitative estimate of drug-likeness (QED) is 0.753. The number of hydrogen-bond acceptors (Lipinski definition) is 2. The lowest BCUT2D eigenvalue weighted by atomic mass is 10.0. The molecule has 6 fully saturated rings. The van der Waals surface area contributed by atoms with Crippen LogP contribution >= 0.6 is 0 Å². The van der Waals surface area contributed by atoms with Crippen molar-refractivity contribution in [3.8, 4) is 0 Å². The minimum atomic E-state index is 0.729. The molecule has 2 aliphatic heterocycles. The van der Waals surface area contributed by atoms with E-state index in [0.717, 1.165) is 29.3 Å². The van der Waals surface area contributed by atoms with E-state index in [2.05, 4.69) is 9.80 Å². The molecule has 5 atom stereocenters. The SMILES string of the molecule is C1CCN(C2C3C4C[C@H]2CC43N2CCCCC2)CC1. The lowest BCUT2D eigenvalue weighted by Gasteiger charge is -2.36. The van der Waals surface area contributed by atoms with Crippen molar-refractivity contribution < 1.29 is 0 Å². The van der Waals surface area contributed by atoms with E-state index >= 15 is 0 Å². The van der Waals surface area contributed by atoms with Crippen LogP contribution in [0.15, 0.2) is 0 Å². The fourth-order valence-corrected chi connectivity index (χ4v) is 6.72. The summed E-state index contributed by atoms with van der Waals surface area (Å²) in [5.74, 6) is 3.28. The molecule has 2 heterocycles. The van der Waals surface area contributed by atoms with Crippen LogP contribution in [0.2, 0.25) is 0 Å². The van der Waals surface area contributed by atoms with Crippen LogP contribution in [-0.2, 0) is 0 Å². The first kappa shape index (κ1) is 11.6. The summed E-state index contributed by atoms with van der Waals surface area (Å²) in [5.41, 5.74) is 0.729. The second-order valence-electron chi connectivity index (χ2n) is 7.96. The first-order chi connectivity index (χ1) is 9.41. The van der Waals surface area contributed by atoms with Gasteiger partial charge in [-0.25, -0.2) is 0 Å². The first-order valence-electron chi connectivity index (χ1n) is 8.90. The Morgan fingerprint density at radius 3 is 2.16 bits per heavy atom. The van der Waals surface area contributed by atoms with E-state index in [1.165, 1.54) is 64.7 Å². The monoisotopic (exact) mass is 260 g/mol. The molecule has 0 aromatic heterocycles. The van der Waals surface area contributed by atoms with Gasteiger partial charge in [0.15, 0.2) is 0 Å². The van der Waals surface area contributed by atoms with Crippen molar-refractivity contribution in [3.63, 3.8) is 0 Å². The minimum absolute atomic E-state index is 0.729. The second-order valence-corrected chi connectivity index (χ2v) is 7.96. The van der Waals surface area contributed by atoms with Crippen LogP contribution in [-0.4, -0.2) is 47.6 Å². The van der Waals surface area contributed by atoms with Crippen molar-refractivity contribution >= 4 is 0 Å². The molecular formula is C17H28N2. The van der Waals surface area contributed by atoms with Gasteiger partial charge in [-0.3, -0.25) is 9.80 Å². The average Bonchev–Trinajstić information content (AvgIpc) is 2.88. The highest BCUT2D eigenvalue weighted by atomic mass is 15.3. The lowest BCUT2D eigenvalue weighted by molar-refractivity contribution is 0.118. The molecule has 0 N–H and O–H groups in total. The summed E-state index contributed by atoms with van der Waals surface area (Å²) in [6.07, 6.45) is 12.0. The van der Waals surface area contributed by atoms with Crippen molar-refractivity contribution in [2.75, 3.05) is 26.2 Å². The second kappa shape index (κ2) is 3.98. The molecular weight excluding hydrogens is 232 g/mol. The Labute approximate surface area is 117 Å². The molecule has 0 aromatic rings.